The molecule has 2 N–H and O–H groups in total. The predicted molar refractivity (Wildman–Crippen MR) is 109 cm³/mol. The van der Waals surface area contributed by atoms with Gasteiger partial charge in [0, 0.05) is 13.1 Å². The number of guanidine groups is 1. The van der Waals surface area contributed by atoms with Gasteiger partial charge in [0.15, 0.2) is 5.96 Å². The van der Waals surface area contributed by atoms with E-state index in [2.05, 4.69) is 27.1 Å². The average Bonchev–Trinajstić information content (AvgIpc) is 3.10. The molecule has 0 bridgehead atoms. The second-order valence-electron chi connectivity index (χ2n) is 4.87. The molecule has 1 heterocycles. The number of rotatable bonds is 6. The maximum Gasteiger partial charge on any atom is 0.337 e. The first kappa shape index (κ1) is 20.4. The molecular weight excluding hydrogens is 437 g/mol. The van der Waals surface area contributed by atoms with Gasteiger partial charge in [0.05, 0.1) is 19.2 Å². The van der Waals surface area contributed by atoms with Gasteiger partial charge < -0.3 is 15.4 Å². The number of esters is 1. The SMILES string of the molecule is CCNC(=NCc1ccsc1)NCc1ccc(C(=O)OC)cc1.I. The summed E-state index contributed by atoms with van der Waals surface area (Å²) in [6.07, 6.45) is 0. The van der Waals surface area contributed by atoms with Crippen LogP contribution in [0.1, 0.15) is 28.4 Å². The third-order valence-corrected chi connectivity index (χ3v) is 3.91. The highest BCUT2D eigenvalue weighted by Crippen LogP contribution is 2.07. The number of hydrogen-bond acceptors (Lipinski definition) is 4. The number of carbonyl (C=O) groups is 1. The van der Waals surface area contributed by atoms with Crippen molar-refractivity contribution in [2.45, 2.75) is 20.0 Å². The van der Waals surface area contributed by atoms with Gasteiger partial charge in [0.2, 0.25) is 0 Å². The molecule has 24 heavy (non-hydrogen) atoms. The summed E-state index contributed by atoms with van der Waals surface area (Å²) in [4.78, 5) is 16.0. The minimum absolute atomic E-state index is 0. The quantitative estimate of drug-likeness (QED) is 0.301. The Morgan fingerprint density at radius 1 is 1.17 bits per heavy atom. The molecule has 130 valence electrons. The van der Waals surface area contributed by atoms with E-state index in [1.165, 1.54) is 12.7 Å². The van der Waals surface area contributed by atoms with Crippen molar-refractivity contribution in [3.63, 3.8) is 0 Å². The van der Waals surface area contributed by atoms with Crippen LogP contribution in [0.2, 0.25) is 0 Å². The molecule has 0 amide bonds. The Morgan fingerprint density at radius 2 is 1.92 bits per heavy atom. The molecule has 2 aromatic rings. The van der Waals surface area contributed by atoms with E-state index >= 15 is 0 Å². The second-order valence-corrected chi connectivity index (χ2v) is 5.65. The largest absolute Gasteiger partial charge is 0.465 e. The summed E-state index contributed by atoms with van der Waals surface area (Å²) in [5, 5.41) is 10.7. The number of thiophene rings is 1. The highest BCUT2D eigenvalue weighted by atomic mass is 127. The third kappa shape index (κ3) is 6.48. The summed E-state index contributed by atoms with van der Waals surface area (Å²) in [7, 11) is 1.38. The van der Waals surface area contributed by atoms with Crippen LogP contribution in [0.15, 0.2) is 46.1 Å². The van der Waals surface area contributed by atoms with Crippen LogP contribution in [0, 0.1) is 0 Å². The molecule has 0 atom stereocenters. The lowest BCUT2D eigenvalue weighted by molar-refractivity contribution is 0.0600. The lowest BCUT2D eigenvalue weighted by Crippen LogP contribution is -2.36. The van der Waals surface area contributed by atoms with Crippen molar-refractivity contribution < 1.29 is 9.53 Å². The van der Waals surface area contributed by atoms with Crippen LogP contribution in [-0.2, 0) is 17.8 Å². The Labute approximate surface area is 163 Å². The summed E-state index contributed by atoms with van der Waals surface area (Å²) in [6, 6.07) is 9.41. The lowest BCUT2D eigenvalue weighted by Gasteiger charge is -2.11. The number of methoxy groups -OCH3 is 1. The third-order valence-electron chi connectivity index (χ3n) is 3.18. The molecule has 0 unspecified atom stereocenters. The van der Waals surface area contributed by atoms with Crippen molar-refractivity contribution in [1.29, 1.82) is 0 Å². The van der Waals surface area contributed by atoms with E-state index in [1.807, 2.05) is 24.4 Å². The summed E-state index contributed by atoms with van der Waals surface area (Å²) in [6.45, 7) is 4.13. The van der Waals surface area contributed by atoms with Crippen LogP contribution in [0.5, 0.6) is 0 Å². The number of benzene rings is 1. The van der Waals surface area contributed by atoms with Crippen LogP contribution >= 0.6 is 35.3 Å². The molecule has 0 aliphatic carbocycles. The summed E-state index contributed by atoms with van der Waals surface area (Å²) in [5.74, 6) is 0.450. The maximum absolute atomic E-state index is 11.4. The van der Waals surface area contributed by atoms with Crippen molar-refractivity contribution in [3.8, 4) is 0 Å². The van der Waals surface area contributed by atoms with Crippen LogP contribution in [0.3, 0.4) is 0 Å². The Bertz CT molecular complexity index is 642. The molecule has 5 nitrogen and oxygen atoms in total. The number of nitrogens with zero attached hydrogens (tertiary/aromatic N) is 1. The van der Waals surface area contributed by atoms with Gasteiger partial charge in [-0.1, -0.05) is 12.1 Å². The predicted octanol–water partition coefficient (Wildman–Crippen LogP) is 3.41. The molecular formula is C17H22IN3O2S. The summed E-state index contributed by atoms with van der Waals surface area (Å²) >= 11 is 1.67. The fraction of sp³-hybridized carbons (Fsp3) is 0.294. The Hall–Kier alpha value is -1.61. The Morgan fingerprint density at radius 3 is 2.50 bits per heavy atom. The average molecular weight is 459 g/mol. The number of ether oxygens (including phenoxy) is 1. The first-order valence-corrected chi connectivity index (χ1v) is 8.37. The molecule has 1 aromatic carbocycles. The van der Waals surface area contributed by atoms with Gasteiger partial charge in [0.1, 0.15) is 0 Å². The van der Waals surface area contributed by atoms with Gasteiger partial charge >= 0.3 is 5.97 Å². The van der Waals surface area contributed by atoms with Gasteiger partial charge in [-0.25, -0.2) is 9.79 Å². The molecule has 0 saturated heterocycles. The minimum atomic E-state index is -0.324. The van der Waals surface area contributed by atoms with Gasteiger partial charge in [-0.2, -0.15) is 11.3 Å². The van der Waals surface area contributed by atoms with Crippen LogP contribution < -0.4 is 10.6 Å². The van der Waals surface area contributed by atoms with Gasteiger partial charge in [-0.05, 0) is 47.0 Å². The summed E-state index contributed by atoms with van der Waals surface area (Å²) < 4.78 is 4.69. The zero-order chi connectivity index (χ0) is 16.5. The summed E-state index contributed by atoms with van der Waals surface area (Å²) in [5.41, 5.74) is 2.82. The molecule has 0 aliphatic heterocycles. The highest BCUT2D eigenvalue weighted by Gasteiger charge is 2.04. The fourth-order valence-corrected chi connectivity index (χ4v) is 2.62. The van der Waals surface area contributed by atoms with Gasteiger partial charge in [0.25, 0.3) is 0 Å². The van der Waals surface area contributed by atoms with Crippen molar-refractivity contribution >= 4 is 47.2 Å². The number of nitrogens with one attached hydrogen (secondary N) is 2. The minimum Gasteiger partial charge on any atom is -0.465 e. The first-order chi connectivity index (χ1) is 11.2. The Kier molecular flexibility index (Phi) is 9.39. The fourth-order valence-electron chi connectivity index (χ4n) is 1.96. The monoisotopic (exact) mass is 459 g/mol. The topological polar surface area (TPSA) is 62.7 Å². The highest BCUT2D eigenvalue weighted by molar-refractivity contribution is 14.0. The van der Waals surface area contributed by atoms with Gasteiger partial charge in [-0.3, -0.25) is 0 Å². The van der Waals surface area contributed by atoms with E-state index in [1.54, 1.807) is 23.5 Å². The normalized spacial score (nSPS) is 10.7. The van der Waals surface area contributed by atoms with E-state index in [9.17, 15) is 4.79 Å². The van der Waals surface area contributed by atoms with Gasteiger partial charge in [-0.15, -0.1) is 24.0 Å². The van der Waals surface area contributed by atoms with Crippen molar-refractivity contribution in [3.05, 3.63) is 57.8 Å². The first-order valence-electron chi connectivity index (χ1n) is 7.43. The molecule has 0 fully saturated rings. The van der Waals surface area contributed by atoms with Crippen LogP contribution in [-0.4, -0.2) is 25.6 Å². The van der Waals surface area contributed by atoms with E-state index in [4.69, 9.17) is 4.74 Å². The zero-order valence-corrected chi connectivity index (χ0v) is 16.9. The number of carbonyl (C=O) groups excluding carboxylic acids is 1. The molecule has 0 spiro atoms. The molecule has 7 heteroatoms. The molecule has 2 rings (SSSR count). The van der Waals surface area contributed by atoms with Crippen LogP contribution in [0.4, 0.5) is 0 Å². The van der Waals surface area contributed by atoms with Crippen molar-refractivity contribution in [2.24, 2.45) is 4.99 Å². The second kappa shape index (κ2) is 11.0. The molecule has 1 aromatic heterocycles. The van der Waals surface area contributed by atoms with E-state index < -0.39 is 0 Å². The standard InChI is InChI=1S/C17H21N3O2S.HI/c1-3-18-17(20-11-14-8-9-23-12-14)19-10-13-4-6-15(7-5-13)16(21)22-2;/h4-9,12H,3,10-11H2,1-2H3,(H2,18,19,20);1H. The van der Waals surface area contributed by atoms with E-state index in [0.717, 1.165) is 18.1 Å². The van der Waals surface area contributed by atoms with Crippen LogP contribution in [0.25, 0.3) is 0 Å². The van der Waals surface area contributed by atoms with Crippen molar-refractivity contribution in [2.75, 3.05) is 13.7 Å². The number of halogens is 1. The number of aliphatic imine (C=N–C) groups is 1. The lowest BCUT2D eigenvalue weighted by atomic mass is 10.1. The van der Waals surface area contributed by atoms with E-state index in [-0.39, 0.29) is 29.9 Å². The molecule has 0 radical (unpaired) electrons. The smallest absolute Gasteiger partial charge is 0.337 e. The molecule has 0 aliphatic rings. The zero-order valence-electron chi connectivity index (χ0n) is 13.7. The Balaban J connectivity index is 0.00000288. The maximum atomic E-state index is 11.4. The number of hydrogen-bond donors (Lipinski definition) is 2. The van der Waals surface area contributed by atoms with Crippen molar-refractivity contribution in [1.82, 2.24) is 10.6 Å². The van der Waals surface area contributed by atoms with E-state index in [0.29, 0.717) is 18.7 Å². The molecule has 0 saturated carbocycles.